The summed E-state index contributed by atoms with van der Waals surface area (Å²) in [7, 11) is 0. The number of anilines is 2. The summed E-state index contributed by atoms with van der Waals surface area (Å²) >= 11 is 17.7. The van der Waals surface area contributed by atoms with Gasteiger partial charge in [-0.2, -0.15) is 18.2 Å². The van der Waals surface area contributed by atoms with Crippen LogP contribution in [0.2, 0.25) is 15.2 Å². The second-order valence-corrected chi connectivity index (χ2v) is 5.70. The van der Waals surface area contributed by atoms with Crippen LogP contribution in [0.4, 0.5) is 29.6 Å². The second kappa shape index (κ2) is 6.62. The first-order valence-electron chi connectivity index (χ1n) is 6.19. The molecule has 0 saturated carbocycles. The Kier molecular flexibility index (Phi) is 5.12. The van der Waals surface area contributed by atoms with Gasteiger partial charge in [0.2, 0.25) is 5.95 Å². The number of primary amides is 1. The van der Waals surface area contributed by atoms with Crippen LogP contribution in [-0.4, -0.2) is 16.0 Å². The van der Waals surface area contributed by atoms with Crippen molar-refractivity contribution in [2.75, 3.05) is 4.90 Å². The van der Waals surface area contributed by atoms with Crippen molar-refractivity contribution in [2.45, 2.75) is 13.1 Å². The number of carbonyl (C=O) groups is 1. The van der Waals surface area contributed by atoms with E-state index in [0.717, 1.165) is 6.92 Å². The molecule has 1 aromatic carbocycles. The number of para-hydroxylation sites is 1. The van der Waals surface area contributed by atoms with Crippen LogP contribution < -0.4 is 10.6 Å². The van der Waals surface area contributed by atoms with Gasteiger partial charge in [-0.15, -0.1) is 0 Å². The van der Waals surface area contributed by atoms with Gasteiger partial charge in [0, 0.05) is 5.56 Å². The molecule has 0 saturated heterocycles. The van der Waals surface area contributed by atoms with E-state index in [1.54, 1.807) is 0 Å². The van der Waals surface area contributed by atoms with E-state index in [1.807, 2.05) is 0 Å². The normalized spacial score (nSPS) is 11.5. The summed E-state index contributed by atoms with van der Waals surface area (Å²) in [4.78, 5) is 19.4. The van der Waals surface area contributed by atoms with Crippen LogP contribution in [0.3, 0.4) is 0 Å². The van der Waals surface area contributed by atoms with Crippen LogP contribution in [0.25, 0.3) is 0 Å². The first-order chi connectivity index (χ1) is 11.0. The molecule has 11 heteroatoms. The molecule has 0 spiro atoms. The summed E-state index contributed by atoms with van der Waals surface area (Å²) in [6.07, 6.45) is -4.81. The molecule has 0 aliphatic heterocycles. The number of nitrogens with two attached hydrogens (primary N) is 1. The van der Waals surface area contributed by atoms with Crippen molar-refractivity contribution in [3.63, 3.8) is 0 Å². The summed E-state index contributed by atoms with van der Waals surface area (Å²) in [5.74, 6) is -0.694. The molecule has 0 fully saturated rings. The third-order valence-electron chi connectivity index (χ3n) is 2.92. The Morgan fingerprint density at radius 1 is 1.17 bits per heavy atom. The molecule has 2 N–H and O–H groups in total. The van der Waals surface area contributed by atoms with Crippen molar-refractivity contribution in [2.24, 2.45) is 5.73 Å². The van der Waals surface area contributed by atoms with E-state index < -0.39 is 29.0 Å². The quantitative estimate of drug-likeness (QED) is 0.724. The predicted molar refractivity (Wildman–Crippen MR) is 85.0 cm³/mol. The van der Waals surface area contributed by atoms with Crippen LogP contribution in [-0.2, 0) is 6.18 Å². The third kappa shape index (κ3) is 3.50. The molecule has 2 aromatic rings. The molecule has 2 amide bonds. The summed E-state index contributed by atoms with van der Waals surface area (Å²) < 4.78 is 39.3. The molecule has 128 valence electrons. The van der Waals surface area contributed by atoms with Crippen LogP contribution in [0.5, 0.6) is 0 Å². The van der Waals surface area contributed by atoms with Gasteiger partial charge in [-0.25, -0.2) is 14.7 Å². The average Bonchev–Trinajstić information content (AvgIpc) is 2.44. The SMILES string of the molecule is Cc1c(Cl)nc(N(C(N)=O)c2c(Cl)cccc2Cl)nc1C(F)(F)F. The van der Waals surface area contributed by atoms with E-state index in [0.29, 0.717) is 4.90 Å². The number of hydrogen-bond acceptors (Lipinski definition) is 3. The minimum Gasteiger partial charge on any atom is -0.351 e. The Balaban J connectivity index is 2.75. The number of urea groups is 1. The summed E-state index contributed by atoms with van der Waals surface area (Å²) in [6.45, 7) is 1.10. The lowest BCUT2D eigenvalue weighted by Crippen LogP contribution is -2.34. The number of amides is 2. The molecule has 0 radical (unpaired) electrons. The molecule has 1 heterocycles. The minimum absolute atomic E-state index is 0.0323. The largest absolute Gasteiger partial charge is 0.433 e. The van der Waals surface area contributed by atoms with Crippen molar-refractivity contribution in [3.05, 3.63) is 44.7 Å². The van der Waals surface area contributed by atoms with Gasteiger partial charge in [-0.1, -0.05) is 40.9 Å². The first kappa shape index (κ1) is 18.6. The van der Waals surface area contributed by atoms with E-state index in [1.165, 1.54) is 18.2 Å². The Hall–Kier alpha value is -1.77. The number of halogens is 6. The highest BCUT2D eigenvalue weighted by molar-refractivity contribution is 6.40. The standard InChI is InChI=1S/C13H8Cl3F3N4O/c1-5-9(13(17,18)19)21-12(22-10(5)16)23(11(20)24)8-6(14)3-2-4-7(8)15/h2-4H,1H3,(H2,20,24). The van der Waals surface area contributed by atoms with Crippen LogP contribution in [0.1, 0.15) is 11.3 Å². The monoisotopic (exact) mass is 398 g/mol. The fourth-order valence-electron chi connectivity index (χ4n) is 1.87. The van der Waals surface area contributed by atoms with Crippen molar-refractivity contribution in [3.8, 4) is 0 Å². The topological polar surface area (TPSA) is 72.1 Å². The Morgan fingerprint density at radius 3 is 2.17 bits per heavy atom. The number of rotatable bonds is 2. The molecular weight excluding hydrogens is 392 g/mol. The number of hydrogen-bond donors (Lipinski definition) is 1. The van der Waals surface area contributed by atoms with Gasteiger partial charge in [0.25, 0.3) is 0 Å². The predicted octanol–water partition coefficient (Wildman–Crippen LogP) is 4.98. The summed E-state index contributed by atoms with van der Waals surface area (Å²) in [6, 6.07) is 3.05. The van der Waals surface area contributed by atoms with E-state index in [4.69, 9.17) is 40.5 Å². The van der Waals surface area contributed by atoms with E-state index in [2.05, 4.69) is 9.97 Å². The molecule has 0 unspecified atom stereocenters. The Bertz CT molecular complexity index is 794. The molecule has 0 aliphatic carbocycles. The molecule has 0 bridgehead atoms. The van der Waals surface area contributed by atoms with Crippen LogP contribution >= 0.6 is 34.8 Å². The van der Waals surface area contributed by atoms with Gasteiger partial charge in [0.1, 0.15) is 5.15 Å². The zero-order chi connectivity index (χ0) is 18.2. The lowest BCUT2D eigenvalue weighted by atomic mass is 10.2. The van der Waals surface area contributed by atoms with Crippen LogP contribution in [0, 0.1) is 6.92 Å². The number of aromatic nitrogens is 2. The van der Waals surface area contributed by atoms with E-state index in [9.17, 15) is 18.0 Å². The van der Waals surface area contributed by atoms with Gasteiger partial charge in [-0.05, 0) is 19.1 Å². The second-order valence-electron chi connectivity index (χ2n) is 4.53. The molecule has 0 atom stereocenters. The maximum Gasteiger partial charge on any atom is 0.433 e. The summed E-state index contributed by atoms with van der Waals surface area (Å²) in [5.41, 5.74) is 3.41. The van der Waals surface area contributed by atoms with E-state index >= 15 is 0 Å². The highest BCUT2D eigenvalue weighted by Crippen LogP contribution is 2.39. The highest BCUT2D eigenvalue weighted by Gasteiger charge is 2.37. The molecule has 0 aliphatic rings. The van der Waals surface area contributed by atoms with Crippen molar-refractivity contribution >= 4 is 52.5 Å². The number of carbonyl (C=O) groups excluding carboxylic acids is 1. The maximum atomic E-state index is 13.1. The molecule has 1 aromatic heterocycles. The Labute approximate surface area is 149 Å². The highest BCUT2D eigenvalue weighted by atomic mass is 35.5. The number of nitrogens with zero attached hydrogens (tertiary/aromatic N) is 3. The molecular formula is C13H8Cl3F3N4O. The molecule has 24 heavy (non-hydrogen) atoms. The zero-order valence-electron chi connectivity index (χ0n) is 11.8. The number of benzene rings is 1. The number of alkyl halides is 3. The Morgan fingerprint density at radius 2 is 1.71 bits per heavy atom. The fourth-order valence-corrected chi connectivity index (χ4v) is 2.60. The van der Waals surface area contributed by atoms with Gasteiger partial charge in [-0.3, -0.25) is 0 Å². The lowest BCUT2D eigenvalue weighted by molar-refractivity contribution is -0.141. The van der Waals surface area contributed by atoms with Crippen molar-refractivity contribution < 1.29 is 18.0 Å². The average molecular weight is 400 g/mol. The third-order valence-corrected chi connectivity index (χ3v) is 3.90. The first-order valence-corrected chi connectivity index (χ1v) is 7.32. The van der Waals surface area contributed by atoms with Gasteiger partial charge in [0.15, 0.2) is 5.69 Å². The zero-order valence-corrected chi connectivity index (χ0v) is 14.1. The summed E-state index contributed by atoms with van der Waals surface area (Å²) in [5, 5.41) is -0.549. The van der Waals surface area contributed by atoms with Gasteiger partial charge >= 0.3 is 12.2 Å². The minimum atomic E-state index is -4.81. The lowest BCUT2D eigenvalue weighted by Gasteiger charge is -2.22. The smallest absolute Gasteiger partial charge is 0.351 e. The molecule has 5 nitrogen and oxygen atoms in total. The molecule has 2 rings (SSSR count). The van der Waals surface area contributed by atoms with Gasteiger partial charge in [0.05, 0.1) is 15.7 Å². The maximum absolute atomic E-state index is 13.1. The van der Waals surface area contributed by atoms with Crippen molar-refractivity contribution in [1.82, 2.24) is 9.97 Å². The van der Waals surface area contributed by atoms with Gasteiger partial charge < -0.3 is 5.73 Å². The van der Waals surface area contributed by atoms with E-state index in [-0.39, 0.29) is 21.3 Å². The van der Waals surface area contributed by atoms with Crippen molar-refractivity contribution in [1.29, 1.82) is 0 Å². The fraction of sp³-hybridized carbons (Fsp3) is 0.154. The van der Waals surface area contributed by atoms with Crippen LogP contribution in [0.15, 0.2) is 18.2 Å².